The van der Waals surface area contributed by atoms with E-state index in [2.05, 4.69) is 10.6 Å². The molecule has 2 heterocycles. The van der Waals surface area contributed by atoms with Crippen LogP contribution in [0.2, 0.25) is 0 Å². The monoisotopic (exact) mass is 434 g/mol. The van der Waals surface area contributed by atoms with Crippen LogP contribution in [0.15, 0.2) is 48.5 Å². The highest BCUT2D eigenvalue weighted by atomic mass is 16.2. The average molecular weight is 434 g/mol. The maximum atomic E-state index is 13.0. The molecule has 0 aromatic heterocycles. The lowest BCUT2D eigenvalue weighted by molar-refractivity contribution is -0.135. The van der Waals surface area contributed by atoms with Gasteiger partial charge in [0.25, 0.3) is 5.91 Å². The van der Waals surface area contributed by atoms with Crippen molar-refractivity contribution in [3.05, 3.63) is 54.1 Å². The van der Waals surface area contributed by atoms with Crippen LogP contribution in [-0.2, 0) is 14.4 Å². The second-order valence-corrected chi connectivity index (χ2v) is 8.06. The standard InChI is InChI=1S/C24H26N4O4/c29-21(15-27-14-6-2-1-3-9-23(27)31)25-18-12-10-17(11-13-18)24(32)28-16-22(30)26-19-7-4-5-8-20(19)28/h4-5,7-8,10-13H,1-3,6,9,14-16H2,(H,25,29)(H,26,30). The molecule has 32 heavy (non-hydrogen) atoms. The Balaban J connectivity index is 1.40. The third-order valence-electron chi connectivity index (χ3n) is 5.69. The first-order valence-electron chi connectivity index (χ1n) is 10.9. The number of hydrogen-bond acceptors (Lipinski definition) is 4. The van der Waals surface area contributed by atoms with E-state index in [4.69, 9.17) is 0 Å². The van der Waals surface area contributed by atoms with Crippen LogP contribution in [0.4, 0.5) is 17.1 Å². The third-order valence-corrected chi connectivity index (χ3v) is 5.69. The number of rotatable bonds is 4. The van der Waals surface area contributed by atoms with Crippen molar-refractivity contribution in [1.82, 2.24) is 4.90 Å². The van der Waals surface area contributed by atoms with E-state index in [1.807, 2.05) is 6.07 Å². The Morgan fingerprint density at radius 2 is 1.69 bits per heavy atom. The SMILES string of the molecule is O=C(CN1CCCCCCC1=O)Nc1ccc(C(=O)N2CC(=O)Nc3ccccc32)cc1. The fourth-order valence-electron chi connectivity index (χ4n) is 4.02. The number of para-hydroxylation sites is 2. The number of benzene rings is 2. The third kappa shape index (κ3) is 4.96. The molecule has 1 fully saturated rings. The summed E-state index contributed by atoms with van der Waals surface area (Å²) in [5, 5.41) is 5.55. The van der Waals surface area contributed by atoms with Crippen molar-refractivity contribution in [3.63, 3.8) is 0 Å². The Kier molecular flexibility index (Phi) is 6.49. The highest BCUT2D eigenvalue weighted by Crippen LogP contribution is 2.30. The average Bonchev–Trinajstić information content (AvgIpc) is 2.78. The first-order chi connectivity index (χ1) is 15.5. The number of fused-ring (bicyclic) bond motifs is 1. The van der Waals surface area contributed by atoms with Crippen molar-refractivity contribution in [2.45, 2.75) is 32.1 Å². The van der Waals surface area contributed by atoms with Gasteiger partial charge in [0.05, 0.1) is 17.9 Å². The molecule has 2 aliphatic rings. The zero-order valence-corrected chi connectivity index (χ0v) is 17.8. The molecule has 8 nitrogen and oxygen atoms in total. The Bertz CT molecular complexity index is 1030. The lowest BCUT2D eigenvalue weighted by Crippen LogP contribution is -2.42. The Labute approximate surface area is 186 Å². The molecule has 1 saturated heterocycles. The van der Waals surface area contributed by atoms with Gasteiger partial charge in [0.2, 0.25) is 17.7 Å². The van der Waals surface area contributed by atoms with Crippen molar-refractivity contribution >= 4 is 40.7 Å². The predicted octanol–water partition coefficient (Wildman–Crippen LogP) is 3.02. The summed E-state index contributed by atoms with van der Waals surface area (Å²) in [5.41, 5.74) is 2.20. The molecule has 2 aromatic rings. The minimum Gasteiger partial charge on any atom is -0.333 e. The van der Waals surface area contributed by atoms with Crippen LogP contribution >= 0.6 is 0 Å². The predicted molar refractivity (Wildman–Crippen MR) is 121 cm³/mol. The van der Waals surface area contributed by atoms with Gasteiger partial charge in [0, 0.05) is 24.2 Å². The molecule has 0 aliphatic carbocycles. The van der Waals surface area contributed by atoms with Crippen molar-refractivity contribution in [3.8, 4) is 0 Å². The molecule has 0 saturated carbocycles. The first kappa shape index (κ1) is 21.5. The number of hydrogen-bond donors (Lipinski definition) is 2. The number of nitrogens with one attached hydrogen (secondary N) is 2. The normalized spacial score (nSPS) is 16.5. The highest BCUT2D eigenvalue weighted by Gasteiger charge is 2.27. The summed E-state index contributed by atoms with van der Waals surface area (Å²) in [6.07, 6.45) is 4.40. The van der Waals surface area contributed by atoms with Gasteiger partial charge in [0.15, 0.2) is 0 Å². The van der Waals surface area contributed by atoms with Gasteiger partial charge in [-0.3, -0.25) is 24.1 Å². The molecule has 0 spiro atoms. The summed E-state index contributed by atoms with van der Waals surface area (Å²) in [5.74, 6) is -0.789. The van der Waals surface area contributed by atoms with Gasteiger partial charge >= 0.3 is 0 Å². The van der Waals surface area contributed by atoms with Crippen LogP contribution < -0.4 is 15.5 Å². The summed E-state index contributed by atoms with van der Waals surface area (Å²) in [7, 11) is 0. The van der Waals surface area contributed by atoms with Crippen LogP contribution in [0.5, 0.6) is 0 Å². The van der Waals surface area contributed by atoms with Crippen molar-refractivity contribution < 1.29 is 19.2 Å². The van der Waals surface area contributed by atoms with Crippen molar-refractivity contribution in [2.75, 3.05) is 35.2 Å². The molecule has 2 aliphatic heterocycles. The number of nitrogens with zero attached hydrogens (tertiary/aromatic N) is 2. The molecule has 4 amide bonds. The van der Waals surface area contributed by atoms with Crippen molar-refractivity contribution in [1.29, 1.82) is 0 Å². The van der Waals surface area contributed by atoms with E-state index in [9.17, 15) is 19.2 Å². The van der Waals surface area contributed by atoms with E-state index < -0.39 is 0 Å². The van der Waals surface area contributed by atoms with Crippen LogP contribution in [0.25, 0.3) is 0 Å². The molecule has 166 valence electrons. The van der Waals surface area contributed by atoms with Gasteiger partial charge in [-0.2, -0.15) is 0 Å². The first-order valence-corrected chi connectivity index (χ1v) is 10.9. The van der Waals surface area contributed by atoms with E-state index in [-0.39, 0.29) is 36.7 Å². The van der Waals surface area contributed by atoms with Gasteiger partial charge in [-0.25, -0.2) is 0 Å². The topological polar surface area (TPSA) is 98.8 Å². The van der Waals surface area contributed by atoms with Gasteiger partial charge in [0.1, 0.15) is 6.54 Å². The molecule has 8 heteroatoms. The Morgan fingerprint density at radius 1 is 0.938 bits per heavy atom. The number of anilines is 3. The van der Waals surface area contributed by atoms with E-state index >= 15 is 0 Å². The lowest BCUT2D eigenvalue weighted by atomic mass is 10.1. The molecule has 2 N–H and O–H groups in total. The molecule has 0 unspecified atom stereocenters. The van der Waals surface area contributed by atoms with Crippen molar-refractivity contribution in [2.24, 2.45) is 0 Å². The zero-order valence-electron chi connectivity index (χ0n) is 17.8. The van der Waals surface area contributed by atoms with Crippen LogP contribution in [0.1, 0.15) is 42.5 Å². The van der Waals surface area contributed by atoms with E-state index in [0.717, 1.165) is 25.7 Å². The fourth-order valence-corrected chi connectivity index (χ4v) is 4.02. The maximum Gasteiger partial charge on any atom is 0.258 e. The highest BCUT2D eigenvalue weighted by molar-refractivity contribution is 6.15. The molecule has 4 rings (SSSR count). The van der Waals surface area contributed by atoms with Crippen LogP contribution in [-0.4, -0.2) is 48.2 Å². The second kappa shape index (κ2) is 9.64. The maximum absolute atomic E-state index is 13.0. The molecule has 0 atom stereocenters. The molecule has 0 radical (unpaired) electrons. The molecule has 0 bridgehead atoms. The minimum atomic E-state index is -0.295. The fraction of sp³-hybridized carbons (Fsp3) is 0.333. The van der Waals surface area contributed by atoms with Gasteiger partial charge in [-0.15, -0.1) is 0 Å². The van der Waals surface area contributed by atoms with Crippen LogP contribution in [0.3, 0.4) is 0 Å². The summed E-state index contributed by atoms with van der Waals surface area (Å²) >= 11 is 0. The molecular formula is C24H26N4O4. The van der Waals surface area contributed by atoms with Gasteiger partial charge in [-0.1, -0.05) is 25.0 Å². The van der Waals surface area contributed by atoms with E-state index in [1.165, 1.54) is 4.90 Å². The summed E-state index contributed by atoms with van der Waals surface area (Å²) in [4.78, 5) is 52.7. The van der Waals surface area contributed by atoms with Gasteiger partial charge in [-0.05, 0) is 49.2 Å². The number of carbonyl (C=O) groups is 4. The van der Waals surface area contributed by atoms with E-state index in [1.54, 1.807) is 47.4 Å². The largest absolute Gasteiger partial charge is 0.333 e. The van der Waals surface area contributed by atoms with Crippen LogP contribution in [0, 0.1) is 0 Å². The number of likely N-dealkylation sites (tertiary alicyclic amines) is 1. The minimum absolute atomic E-state index is 0.0200. The lowest BCUT2D eigenvalue weighted by Gasteiger charge is -2.29. The zero-order chi connectivity index (χ0) is 22.5. The van der Waals surface area contributed by atoms with E-state index in [0.29, 0.717) is 35.6 Å². The molecular weight excluding hydrogens is 408 g/mol. The summed E-state index contributed by atoms with van der Waals surface area (Å²) in [6.45, 7) is 0.571. The molecule has 2 aromatic carbocycles. The smallest absolute Gasteiger partial charge is 0.258 e. The summed E-state index contributed by atoms with van der Waals surface area (Å²) < 4.78 is 0. The second-order valence-electron chi connectivity index (χ2n) is 8.06. The Morgan fingerprint density at radius 3 is 2.50 bits per heavy atom. The van der Waals surface area contributed by atoms with Gasteiger partial charge < -0.3 is 15.5 Å². The number of carbonyl (C=O) groups excluding carboxylic acids is 4. The quantitative estimate of drug-likeness (QED) is 0.773. The Hall–Kier alpha value is -3.68. The number of amides is 4. The summed E-state index contributed by atoms with van der Waals surface area (Å²) in [6, 6.07) is 13.7.